The summed E-state index contributed by atoms with van der Waals surface area (Å²) in [6, 6.07) is 3.85. The minimum atomic E-state index is -0.211. The molecular formula is C22H27N7O2. The summed E-state index contributed by atoms with van der Waals surface area (Å²) >= 11 is 0. The number of nitrogens with one attached hydrogen (secondary N) is 2. The Bertz CT molecular complexity index is 1040. The molecule has 2 N–H and O–H groups in total. The summed E-state index contributed by atoms with van der Waals surface area (Å²) in [6.07, 6.45) is 9.95. The third-order valence-electron chi connectivity index (χ3n) is 5.44. The van der Waals surface area contributed by atoms with E-state index in [0.29, 0.717) is 44.6 Å². The van der Waals surface area contributed by atoms with E-state index in [2.05, 4.69) is 32.5 Å². The molecule has 1 aliphatic rings. The molecule has 9 heteroatoms. The van der Waals surface area contributed by atoms with Gasteiger partial charge in [0, 0.05) is 55.8 Å². The summed E-state index contributed by atoms with van der Waals surface area (Å²) in [6.45, 7) is 4.40. The monoisotopic (exact) mass is 421 g/mol. The second-order valence-electron chi connectivity index (χ2n) is 7.75. The van der Waals surface area contributed by atoms with Gasteiger partial charge in [-0.15, -0.1) is 0 Å². The van der Waals surface area contributed by atoms with Crippen molar-refractivity contribution in [1.82, 2.24) is 35.2 Å². The fourth-order valence-corrected chi connectivity index (χ4v) is 3.79. The van der Waals surface area contributed by atoms with Crippen molar-refractivity contribution in [1.29, 1.82) is 0 Å². The Morgan fingerprint density at radius 3 is 2.97 bits per heavy atom. The molecule has 0 saturated carbocycles. The van der Waals surface area contributed by atoms with Gasteiger partial charge in [-0.1, -0.05) is 13.0 Å². The van der Waals surface area contributed by atoms with E-state index in [1.54, 1.807) is 18.6 Å². The van der Waals surface area contributed by atoms with Gasteiger partial charge in [0.2, 0.25) is 5.91 Å². The van der Waals surface area contributed by atoms with Crippen LogP contribution in [0.4, 0.5) is 0 Å². The predicted molar refractivity (Wildman–Crippen MR) is 114 cm³/mol. The van der Waals surface area contributed by atoms with E-state index in [9.17, 15) is 9.59 Å². The van der Waals surface area contributed by atoms with Crippen LogP contribution >= 0.6 is 0 Å². The van der Waals surface area contributed by atoms with Crippen molar-refractivity contribution in [3.8, 4) is 0 Å². The maximum absolute atomic E-state index is 12.7. The Kier molecular flexibility index (Phi) is 6.40. The van der Waals surface area contributed by atoms with E-state index in [4.69, 9.17) is 0 Å². The van der Waals surface area contributed by atoms with E-state index in [-0.39, 0.29) is 11.8 Å². The number of aromatic nitrogens is 5. The molecule has 0 aliphatic carbocycles. The number of amides is 2. The molecule has 0 saturated heterocycles. The third-order valence-corrected chi connectivity index (χ3v) is 5.44. The van der Waals surface area contributed by atoms with Crippen molar-refractivity contribution in [2.24, 2.45) is 0 Å². The summed E-state index contributed by atoms with van der Waals surface area (Å²) in [5, 5.41) is 14.4. The molecule has 0 fully saturated rings. The SMILES string of the molecule is CCCn1cc(CNC(=O)c2n[nH]c3c2CCN(C(=O)CCc2cccnc2)C3)cn1. The molecule has 0 aromatic carbocycles. The Labute approximate surface area is 180 Å². The van der Waals surface area contributed by atoms with Gasteiger partial charge in [0.1, 0.15) is 0 Å². The highest BCUT2D eigenvalue weighted by molar-refractivity contribution is 5.94. The van der Waals surface area contributed by atoms with Crippen molar-refractivity contribution >= 4 is 11.8 Å². The summed E-state index contributed by atoms with van der Waals surface area (Å²) < 4.78 is 1.87. The van der Waals surface area contributed by atoms with Gasteiger partial charge in [-0.25, -0.2) is 0 Å². The van der Waals surface area contributed by atoms with Crippen molar-refractivity contribution in [3.05, 3.63) is 65.0 Å². The van der Waals surface area contributed by atoms with E-state index in [1.807, 2.05) is 27.9 Å². The lowest BCUT2D eigenvalue weighted by atomic mass is 10.0. The van der Waals surface area contributed by atoms with Gasteiger partial charge in [0.25, 0.3) is 5.91 Å². The average molecular weight is 422 g/mol. The van der Waals surface area contributed by atoms with Crippen molar-refractivity contribution in [3.63, 3.8) is 0 Å². The molecule has 4 rings (SSSR count). The Hall–Kier alpha value is -3.49. The lowest BCUT2D eigenvalue weighted by Crippen LogP contribution is -2.36. The average Bonchev–Trinajstić information content (AvgIpc) is 3.43. The van der Waals surface area contributed by atoms with Gasteiger partial charge in [-0.3, -0.25) is 24.4 Å². The topological polar surface area (TPSA) is 109 Å². The molecular weight excluding hydrogens is 394 g/mol. The van der Waals surface area contributed by atoms with Crippen LogP contribution in [-0.2, 0) is 37.3 Å². The van der Waals surface area contributed by atoms with Gasteiger partial charge >= 0.3 is 0 Å². The summed E-state index contributed by atoms with van der Waals surface area (Å²) in [7, 11) is 0. The van der Waals surface area contributed by atoms with E-state index in [1.165, 1.54) is 0 Å². The fraction of sp³-hybridized carbons (Fsp3) is 0.409. The molecule has 0 atom stereocenters. The van der Waals surface area contributed by atoms with E-state index >= 15 is 0 Å². The van der Waals surface area contributed by atoms with Crippen LogP contribution in [0.1, 0.15) is 52.6 Å². The molecule has 3 aromatic heterocycles. The second-order valence-corrected chi connectivity index (χ2v) is 7.75. The Balaban J connectivity index is 1.31. The number of carbonyl (C=O) groups is 2. The number of H-pyrrole nitrogens is 1. The van der Waals surface area contributed by atoms with Crippen LogP contribution in [0, 0.1) is 0 Å². The maximum atomic E-state index is 12.7. The smallest absolute Gasteiger partial charge is 0.272 e. The zero-order valence-corrected chi connectivity index (χ0v) is 17.7. The summed E-state index contributed by atoms with van der Waals surface area (Å²) in [5.41, 5.74) is 4.15. The molecule has 2 amide bonds. The minimum Gasteiger partial charge on any atom is -0.346 e. The number of carbonyl (C=O) groups excluding carboxylic acids is 2. The number of rotatable bonds is 8. The standard InChI is InChI=1S/C22H27N7O2/c1-2-9-29-14-17(13-25-29)12-24-22(31)21-18-7-10-28(15-19(18)26-27-21)20(30)6-5-16-4-3-8-23-11-16/h3-4,8,11,13-14H,2,5-7,9-10,12,15H2,1H3,(H,24,31)(H,26,27). The zero-order chi connectivity index (χ0) is 21.6. The molecule has 1 aliphatic heterocycles. The van der Waals surface area contributed by atoms with Crippen molar-refractivity contribution in [2.75, 3.05) is 6.54 Å². The zero-order valence-electron chi connectivity index (χ0n) is 17.7. The van der Waals surface area contributed by atoms with E-state index < -0.39 is 0 Å². The van der Waals surface area contributed by atoms with Gasteiger partial charge in [-0.05, 0) is 30.9 Å². The molecule has 3 aromatic rings. The number of hydrogen-bond donors (Lipinski definition) is 2. The number of fused-ring (bicyclic) bond motifs is 1. The first-order valence-electron chi connectivity index (χ1n) is 10.7. The van der Waals surface area contributed by atoms with Gasteiger partial charge < -0.3 is 10.2 Å². The summed E-state index contributed by atoms with van der Waals surface area (Å²) in [5.74, 6) is -0.115. The largest absolute Gasteiger partial charge is 0.346 e. The van der Waals surface area contributed by atoms with Crippen LogP contribution in [0.2, 0.25) is 0 Å². The number of aromatic amines is 1. The molecule has 0 radical (unpaired) electrons. The predicted octanol–water partition coefficient (Wildman–Crippen LogP) is 1.86. The lowest BCUT2D eigenvalue weighted by molar-refractivity contribution is -0.132. The highest BCUT2D eigenvalue weighted by Gasteiger charge is 2.27. The van der Waals surface area contributed by atoms with Crippen LogP contribution < -0.4 is 5.32 Å². The first-order valence-corrected chi connectivity index (χ1v) is 10.7. The quantitative estimate of drug-likeness (QED) is 0.577. The first-order chi connectivity index (χ1) is 15.1. The number of pyridine rings is 1. The van der Waals surface area contributed by atoms with Gasteiger partial charge in [-0.2, -0.15) is 10.2 Å². The lowest BCUT2D eigenvalue weighted by Gasteiger charge is -2.27. The van der Waals surface area contributed by atoms with Crippen LogP contribution in [0.5, 0.6) is 0 Å². The van der Waals surface area contributed by atoms with Crippen molar-refractivity contribution in [2.45, 2.75) is 52.2 Å². The molecule has 0 spiro atoms. The normalized spacial score (nSPS) is 13.1. The molecule has 31 heavy (non-hydrogen) atoms. The van der Waals surface area contributed by atoms with Crippen LogP contribution in [0.25, 0.3) is 0 Å². The second kappa shape index (κ2) is 9.55. The van der Waals surface area contributed by atoms with Crippen LogP contribution in [-0.4, -0.2) is 48.2 Å². The first kappa shape index (κ1) is 20.8. The fourth-order valence-electron chi connectivity index (χ4n) is 3.79. The number of hydrogen-bond acceptors (Lipinski definition) is 5. The number of nitrogens with zero attached hydrogens (tertiary/aromatic N) is 5. The third kappa shape index (κ3) is 4.99. The van der Waals surface area contributed by atoms with Crippen molar-refractivity contribution < 1.29 is 9.59 Å². The number of aryl methyl sites for hydroxylation is 2. The molecule has 9 nitrogen and oxygen atoms in total. The van der Waals surface area contributed by atoms with Gasteiger partial charge in [0.15, 0.2) is 5.69 Å². The maximum Gasteiger partial charge on any atom is 0.272 e. The van der Waals surface area contributed by atoms with Crippen LogP contribution in [0.15, 0.2) is 36.9 Å². The Morgan fingerprint density at radius 1 is 1.26 bits per heavy atom. The van der Waals surface area contributed by atoms with E-state index in [0.717, 1.165) is 35.3 Å². The minimum absolute atomic E-state index is 0.0965. The Morgan fingerprint density at radius 2 is 2.16 bits per heavy atom. The molecule has 4 heterocycles. The molecule has 162 valence electrons. The molecule has 0 unspecified atom stereocenters. The highest BCUT2D eigenvalue weighted by Crippen LogP contribution is 2.21. The van der Waals surface area contributed by atoms with Gasteiger partial charge in [0.05, 0.1) is 18.4 Å². The highest BCUT2D eigenvalue weighted by atomic mass is 16.2. The molecule has 0 bridgehead atoms. The van der Waals surface area contributed by atoms with Crippen LogP contribution in [0.3, 0.4) is 0 Å². The summed E-state index contributed by atoms with van der Waals surface area (Å²) in [4.78, 5) is 31.2.